The SMILES string of the molecule is O=C(O)C=C(O)C(=O)N(Cc1ccccc1)S(=O)(=O)C1CC1. The van der Waals surface area contributed by atoms with Crippen molar-refractivity contribution in [2.75, 3.05) is 0 Å². The molecule has 0 bridgehead atoms. The molecule has 7 nitrogen and oxygen atoms in total. The topological polar surface area (TPSA) is 112 Å². The number of sulfonamides is 1. The molecule has 0 unspecified atom stereocenters. The minimum atomic E-state index is -3.92. The Kier molecular flexibility index (Phi) is 4.51. The lowest BCUT2D eigenvalue weighted by molar-refractivity contribution is -0.133. The highest BCUT2D eigenvalue weighted by Crippen LogP contribution is 2.32. The summed E-state index contributed by atoms with van der Waals surface area (Å²) < 4.78 is 25.2. The summed E-state index contributed by atoms with van der Waals surface area (Å²) in [5, 5.41) is 17.4. The van der Waals surface area contributed by atoms with E-state index < -0.39 is 32.9 Å². The molecule has 8 heteroatoms. The molecule has 2 N–H and O–H groups in total. The Balaban J connectivity index is 2.33. The lowest BCUT2D eigenvalue weighted by Gasteiger charge is -2.22. The number of carbonyl (C=O) groups excluding carboxylic acids is 1. The maximum absolute atomic E-state index is 12.3. The van der Waals surface area contributed by atoms with Gasteiger partial charge < -0.3 is 10.2 Å². The number of hydrogen-bond acceptors (Lipinski definition) is 5. The Morgan fingerprint density at radius 3 is 2.27 bits per heavy atom. The molecule has 0 aromatic heterocycles. The maximum Gasteiger partial charge on any atom is 0.332 e. The number of carboxylic acid groups (broad SMARTS) is 1. The van der Waals surface area contributed by atoms with E-state index in [9.17, 15) is 23.1 Å². The molecule has 0 radical (unpaired) electrons. The Hall–Kier alpha value is -2.35. The first kappa shape index (κ1) is 16.0. The molecule has 0 spiro atoms. The van der Waals surface area contributed by atoms with Crippen LogP contribution in [0.5, 0.6) is 0 Å². The summed E-state index contributed by atoms with van der Waals surface area (Å²) in [5.41, 5.74) is 0.559. The van der Waals surface area contributed by atoms with Crippen molar-refractivity contribution in [3.05, 3.63) is 47.7 Å². The van der Waals surface area contributed by atoms with Gasteiger partial charge in [0.05, 0.1) is 17.9 Å². The van der Waals surface area contributed by atoms with Gasteiger partial charge in [0.15, 0.2) is 5.76 Å². The summed E-state index contributed by atoms with van der Waals surface area (Å²) in [6.45, 7) is -0.254. The van der Waals surface area contributed by atoms with Crippen LogP contribution in [0.2, 0.25) is 0 Å². The monoisotopic (exact) mass is 325 g/mol. The fourth-order valence-electron chi connectivity index (χ4n) is 1.88. The standard InChI is InChI=1S/C14H15NO6S/c16-12(8-13(17)18)14(19)15(22(20,21)11-6-7-11)9-10-4-2-1-3-5-10/h1-5,8,11,16H,6-7,9H2,(H,17,18). The van der Waals surface area contributed by atoms with Crippen molar-refractivity contribution in [3.63, 3.8) is 0 Å². The number of rotatable bonds is 6. The minimum absolute atomic E-state index is 0.254. The fourth-order valence-corrected chi connectivity index (χ4v) is 3.62. The fraction of sp³-hybridized carbons (Fsp3) is 0.286. The highest BCUT2D eigenvalue weighted by atomic mass is 32.2. The molecular weight excluding hydrogens is 310 g/mol. The van der Waals surface area contributed by atoms with Crippen LogP contribution in [0.4, 0.5) is 0 Å². The number of hydrogen-bond donors (Lipinski definition) is 2. The zero-order valence-electron chi connectivity index (χ0n) is 11.5. The third kappa shape index (κ3) is 3.64. The van der Waals surface area contributed by atoms with Crippen molar-refractivity contribution in [1.29, 1.82) is 0 Å². The molecule has 1 saturated carbocycles. The number of carbonyl (C=O) groups is 2. The molecule has 1 aromatic carbocycles. The second-order valence-electron chi connectivity index (χ2n) is 4.91. The summed E-state index contributed by atoms with van der Waals surface area (Å²) >= 11 is 0. The van der Waals surface area contributed by atoms with Crippen LogP contribution >= 0.6 is 0 Å². The van der Waals surface area contributed by atoms with Gasteiger partial charge in [0.2, 0.25) is 10.0 Å². The third-order valence-corrected chi connectivity index (χ3v) is 5.35. The van der Waals surface area contributed by atoms with Gasteiger partial charge in [0.25, 0.3) is 0 Å². The molecule has 1 fully saturated rings. The van der Waals surface area contributed by atoms with Crippen molar-refractivity contribution >= 4 is 21.9 Å². The predicted octanol–water partition coefficient (Wildman–Crippen LogP) is 1.03. The van der Waals surface area contributed by atoms with E-state index in [1.807, 2.05) is 0 Å². The molecular formula is C14H15NO6S. The van der Waals surface area contributed by atoms with Crippen LogP contribution in [0.25, 0.3) is 0 Å². The molecule has 2 rings (SSSR count). The normalized spacial score (nSPS) is 15.4. The van der Waals surface area contributed by atoms with E-state index in [4.69, 9.17) is 5.11 Å². The van der Waals surface area contributed by atoms with E-state index in [2.05, 4.69) is 0 Å². The van der Waals surface area contributed by atoms with Gasteiger partial charge in [-0.2, -0.15) is 0 Å². The van der Waals surface area contributed by atoms with Gasteiger partial charge >= 0.3 is 11.9 Å². The summed E-state index contributed by atoms with van der Waals surface area (Å²) in [4.78, 5) is 22.7. The molecule has 118 valence electrons. The predicted molar refractivity (Wildman–Crippen MR) is 77.3 cm³/mol. The Bertz CT molecular complexity index is 706. The van der Waals surface area contributed by atoms with Crippen LogP contribution in [0.1, 0.15) is 18.4 Å². The molecule has 0 saturated heterocycles. The minimum Gasteiger partial charge on any atom is -0.503 e. The number of aliphatic hydroxyl groups excluding tert-OH is 1. The molecule has 0 atom stereocenters. The Morgan fingerprint density at radius 1 is 1.18 bits per heavy atom. The van der Waals surface area contributed by atoms with Gasteiger partial charge in [-0.1, -0.05) is 30.3 Å². The second kappa shape index (κ2) is 6.18. The van der Waals surface area contributed by atoms with E-state index in [1.165, 1.54) is 0 Å². The lowest BCUT2D eigenvalue weighted by atomic mass is 10.2. The van der Waals surface area contributed by atoms with Gasteiger partial charge in [0.1, 0.15) is 0 Å². The highest BCUT2D eigenvalue weighted by molar-refractivity contribution is 7.90. The highest BCUT2D eigenvalue weighted by Gasteiger charge is 2.43. The third-order valence-electron chi connectivity index (χ3n) is 3.13. The first-order valence-corrected chi connectivity index (χ1v) is 8.06. The Labute approximate surface area is 127 Å². The molecule has 1 aliphatic carbocycles. The van der Waals surface area contributed by atoms with Crippen molar-refractivity contribution in [3.8, 4) is 0 Å². The van der Waals surface area contributed by atoms with Crippen molar-refractivity contribution in [2.24, 2.45) is 0 Å². The molecule has 0 heterocycles. The van der Waals surface area contributed by atoms with Crippen molar-refractivity contribution in [2.45, 2.75) is 24.6 Å². The molecule has 1 amide bonds. The average molecular weight is 325 g/mol. The number of amides is 1. The number of aliphatic carboxylic acids is 1. The summed E-state index contributed by atoms with van der Waals surface area (Å²) in [5.74, 6) is -3.89. The first-order valence-electron chi connectivity index (χ1n) is 6.55. The van der Waals surface area contributed by atoms with Crippen LogP contribution in [0.15, 0.2) is 42.2 Å². The number of nitrogens with zero attached hydrogens (tertiary/aromatic N) is 1. The molecule has 0 aliphatic heterocycles. The van der Waals surface area contributed by atoms with Crippen LogP contribution in [0.3, 0.4) is 0 Å². The Morgan fingerprint density at radius 2 is 1.77 bits per heavy atom. The summed E-state index contributed by atoms with van der Waals surface area (Å²) in [6, 6.07) is 8.40. The van der Waals surface area contributed by atoms with E-state index in [0.29, 0.717) is 22.7 Å². The van der Waals surface area contributed by atoms with E-state index >= 15 is 0 Å². The zero-order valence-corrected chi connectivity index (χ0v) is 12.4. The maximum atomic E-state index is 12.3. The van der Waals surface area contributed by atoms with E-state index in [1.54, 1.807) is 30.3 Å². The lowest BCUT2D eigenvalue weighted by Crippen LogP contribution is -2.39. The summed E-state index contributed by atoms with van der Waals surface area (Å²) in [6.07, 6.45) is 1.18. The van der Waals surface area contributed by atoms with Gasteiger partial charge in [-0.05, 0) is 18.4 Å². The van der Waals surface area contributed by atoms with E-state index in [0.717, 1.165) is 0 Å². The van der Waals surface area contributed by atoms with E-state index in [-0.39, 0.29) is 12.6 Å². The number of aliphatic hydroxyl groups is 1. The average Bonchev–Trinajstić information content (AvgIpc) is 3.29. The smallest absolute Gasteiger partial charge is 0.332 e. The molecule has 22 heavy (non-hydrogen) atoms. The van der Waals surface area contributed by atoms with Crippen LogP contribution in [0, 0.1) is 0 Å². The van der Waals surface area contributed by atoms with Crippen LogP contribution in [-0.4, -0.2) is 40.1 Å². The first-order chi connectivity index (χ1) is 10.3. The zero-order chi connectivity index (χ0) is 16.3. The van der Waals surface area contributed by atoms with Crippen molar-refractivity contribution in [1.82, 2.24) is 4.31 Å². The second-order valence-corrected chi connectivity index (χ2v) is 7.05. The van der Waals surface area contributed by atoms with Gasteiger partial charge in [-0.25, -0.2) is 17.5 Å². The number of carboxylic acids is 1. The van der Waals surface area contributed by atoms with Gasteiger partial charge in [-0.3, -0.25) is 4.79 Å². The quantitative estimate of drug-likeness (QED) is 0.597. The van der Waals surface area contributed by atoms with Gasteiger partial charge in [0, 0.05) is 0 Å². The largest absolute Gasteiger partial charge is 0.503 e. The van der Waals surface area contributed by atoms with Crippen molar-refractivity contribution < 1.29 is 28.2 Å². The van der Waals surface area contributed by atoms with Crippen LogP contribution < -0.4 is 0 Å². The number of benzene rings is 1. The molecule has 1 aliphatic rings. The van der Waals surface area contributed by atoms with Crippen LogP contribution in [-0.2, 0) is 26.2 Å². The van der Waals surface area contributed by atoms with Gasteiger partial charge in [-0.15, -0.1) is 0 Å². The summed E-state index contributed by atoms with van der Waals surface area (Å²) in [7, 11) is -3.92. The molecule has 1 aromatic rings.